The van der Waals surface area contributed by atoms with Crippen LogP contribution in [0.15, 0.2) is 4.47 Å². The average Bonchev–Trinajstić information content (AvgIpc) is 2.87. The van der Waals surface area contributed by atoms with Crippen LogP contribution in [0.1, 0.15) is 33.7 Å². The van der Waals surface area contributed by atoms with Crippen molar-refractivity contribution >= 4 is 33.2 Å². The molecule has 96 valence electrons. The second-order valence-corrected chi connectivity index (χ2v) is 5.52. The van der Waals surface area contributed by atoms with E-state index >= 15 is 0 Å². The Morgan fingerprint density at radius 1 is 1.50 bits per heavy atom. The molecule has 0 saturated carbocycles. The van der Waals surface area contributed by atoms with Crippen molar-refractivity contribution in [2.24, 2.45) is 7.05 Å². The number of carbonyl (C=O) groups excluding carboxylic acids is 1. The lowest BCUT2D eigenvalue weighted by Crippen LogP contribution is -2.08. The molecule has 0 radical (unpaired) electrons. The molecule has 18 heavy (non-hydrogen) atoms. The number of aromatic nitrogens is 4. The Hall–Kier alpha value is -1.08. The lowest BCUT2D eigenvalue weighted by Gasteiger charge is -2.01. The van der Waals surface area contributed by atoms with Crippen molar-refractivity contribution < 1.29 is 4.79 Å². The minimum absolute atomic E-state index is 0.0360. The molecule has 0 aliphatic heterocycles. The smallest absolute Gasteiger partial charge is 0.182 e. The van der Waals surface area contributed by atoms with Crippen molar-refractivity contribution in [2.45, 2.75) is 26.7 Å². The molecule has 0 aliphatic rings. The van der Waals surface area contributed by atoms with Gasteiger partial charge in [-0.1, -0.05) is 11.4 Å². The Morgan fingerprint density at radius 3 is 2.72 bits per heavy atom. The zero-order valence-corrected chi connectivity index (χ0v) is 12.8. The Kier molecular flexibility index (Phi) is 3.91. The number of halogens is 1. The van der Waals surface area contributed by atoms with Crippen LogP contribution in [0, 0.1) is 6.92 Å². The van der Waals surface area contributed by atoms with E-state index in [1.807, 2.05) is 14.0 Å². The van der Waals surface area contributed by atoms with Gasteiger partial charge in [-0.05, 0) is 40.8 Å². The van der Waals surface area contributed by atoms with E-state index in [0.717, 1.165) is 33.8 Å². The fraction of sp³-hybridized carbons (Fsp3) is 0.455. The number of hydrogen-bond donors (Lipinski definition) is 0. The summed E-state index contributed by atoms with van der Waals surface area (Å²) in [6.07, 6.45) is 1.15. The SMILES string of the molecule is CCc1nn(C)c(CC(=O)c2snnc2C)c1Br. The minimum Gasteiger partial charge on any atom is -0.293 e. The van der Waals surface area contributed by atoms with Crippen molar-refractivity contribution in [3.63, 3.8) is 0 Å². The lowest BCUT2D eigenvalue weighted by molar-refractivity contribution is 0.0993. The highest BCUT2D eigenvalue weighted by Gasteiger charge is 2.19. The number of carbonyl (C=O) groups is 1. The number of rotatable bonds is 4. The van der Waals surface area contributed by atoms with Crippen LogP contribution in [0.25, 0.3) is 0 Å². The summed E-state index contributed by atoms with van der Waals surface area (Å²) in [5, 5.41) is 8.23. The summed E-state index contributed by atoms with van der Waals surface area (Å²) in [6.45, 7) is 3.84. The summed E-state index contributed by atoms with van der Waals surface area (Å²) >= 11 is 4.65. The van der Waals surface area contributed by atoms with E-state index in [1.165, 1.54) is 0 Å². The summed E-state index contributed by atoms with van der Waals surface area (Å²) in [4.78, 5) is 12.8. The fourth-order valence-corrected chi connectivity index (χ4v) is 3.08. The Bertz CT molecular complexity index is 590. The number of nitrogens with zero attached hydrogens (tertiary/aromatic N) is 4. The van der Waals surface area contributed by atoms with Gasteiger partial charge in [0.05, 0.1) is 28.0 Å². The topological polar surface area (TPSA) is 60.7 Å². The number of aryl methyl sites for hydroxylation is 3. The zero-order chi connectivity index (χ0) is 13.3. The molecule has 0 unspecified atom stereocenters. The Labute approximate surface area is 118 Å². The Morgan fingerprint density at radius 2 is 2.22 bits per heavy atom. The van der Waals surface area contributed by atoms with Gasteiger partial charge in [0.2, 0.25) is 0 Å². The maximum Gasteiger partial charge on any atom is 0.182 e. The molecule has 0 N–H and O–H groups in total. The summed E-state index contributed by atoms with van der Waals surface area (Å²) < 4.78 is 6.47. The quantitative estimate of drug-likeness (QED) is 0.808. The second kappa shape index (κ2) is 5.27. The maximum absolute atomic E-state index is 12.2. The van der Waals surface area contributed by atoms with Crippen LogP contribution < -0.4 is 0 Å². The highest BCUT2D eigenvalue weighted by molar-refractivity contribution is 9.10. The van der Waals surface area contributed by atoms with E-state index < -0.39 is 0 Å². The molecule has 0 atom stereocenters. The van der Waals surface area contributed by atoms with Crippen molar-refractivity contribution in [3.8, 4) is 0 Å². The van der Waals surface area contributed by atoms with Crippen molar-refractivity contribution in [1.29, 1.82) is 0 Å². The fourth-order valence-electron chi connectivity index (χ4n) is 1.73. The van der Waals surface area contributed by atoms with Gasteiger partial charge >= 0.3 is 0 Å². The van der Waals surface area contributed by atoms with E-state index in [0.29, 0.717) is 17.0 Å². The normalized spacial score (nSPS) is 10.9. The van der Waals surface area contributed by atoms with Crippen molar-refractivity contribution in [3.05, 3.63) is 26.4 Å². The van der Waals surface area contributed by atoms with Gasteiger partial charge in [-0.25, -0.2) is 0 Å². The largest absolute Gasteiger partial charge is 0.293 e. The Balaban J connectivity index is 2.27. The first-order chi connectivity index (χ1) is 8.54. The van der Waals surface area contributed by atoms with Gasteiger partial charge < -0.3 is 0 Å². The van der Waals surface area contributed by atoms with Gasteiger partial charge in [0.1, 0.15) is 4.88 Å². The van der Waals surface area contributed by atoms with Gasteiger partial charge in [0.15, 0.2) is 5.78 Å². The first-order valence-electron chi connectivity index (χ1n) is 5.57. The van der Waals surface area contributed by atoms with Gasteiger partial charge in [0.25, 0.3) is 0 Å². The molecular formula is C11H13BrN4OS. The van der Waals surface area contributed by atoms with E-state index in [9.17, 15) is 4.79 Å². The van der Waals surface area contributed by atoms with Gasteiger partial charge in [-0.3, -0.25) is 9.48 Å². The van der Waals surface area contributed by atoms with Crippen LogP contribution in [0.2, 0.25) is 0 Å². The van der Waals surface area contributed by atoms with Gasteiger partial charge in [-0.15, -0.1) is 5.10 Å². The third-order valence-electron chi connectivity index (χ3n) is 2.74. The van der Waals surface area contributed by atoms with Crippen LogP contribution in [0.5, 0.6) is 0 Å². The van der Waals surface area contributed by atoms with Crippen LogP contribution in [0.4, 0.5) is 0 Å². The third kappa shape index (κ3) is 2.37. The molecular weight excluding hydrogens is 316 g/mol. The molecule has 5 nitrogen and oxygen atoms in total. The summed E-state index contributed by atoms with van der Waals surface area (Å²) in [6, 6.07) is 0. The summed E-state index contributed by atoms with van der Waals surface area (Å²) in [7, 11) is 1.85. The molecule has 0 aliphatic carbocycles. The predicted octanol–water partition coefficient (Wildman–Crippen LogP) is 2.33. The minimum atomic E-state index is 0.0360. The third-order valence-corrected chi connectivity index (χ3v) is 4.52. The van der Waals surface area contributed by atoms with Gasteiger partial charge in [-0.2, -0.15) is 5.10 Å². The molecule has 2 rings (SSSR count). The molecule has 2 aromatic rings. The predicted molar refractivity (Wildman–Crippen MR) is 73.0 cm³/mol. The van der Waals surface area contributed by atoms with Crippen LogP contribution >= 0.6 is 27.5 Å². The monoisotopic (exact) mass is 328 g/mol. The van der Waals surface area contributed by atoms with E-state index in [2.05, 4.69) is 30.6 Å². The van der Waals surface area contributed by atoms with Crippen LogP contribution in [-0.2, 0) is 19.9 Å². The van der Waals surface area contributed by atoms with Gasteiger partial charge in [0, 0.05) is 7.05 Å². The second-order valence-electron chi connectivity index (χ2n) is 3.97. The molecule has 0 saturated heterocycles. The summed E-state index contributed by atoms with van der Waals surface area (Å²) in [5.41, 5.74) is 2.56. The highest BCUT2D eigenvalue weighted by Crippen LogP contribution is 2.23. The van der Waals surface area contributed by atoms with E-state index in [1.54, 1.807) is 11.6 Å². The molecule has 0 aromatic carbocycles. The molecule has 0 bridgehead atoms. The highest BCUT2D eigenvalue weighted by atomic mass is 79.9. The number of hydrogen-bond acceptors (Lipinski definition) is 5. The van der Waals surface area contributed by atoms with Crippen molar-refractivity contribution in [2.75, 3.05) is 0 Å². The van der Waals surface area contributed by atoms with E-state index in [-0.39, 0.29) is 5.78 Å². The van der Waals surface area contributed by atoms with Crippen LogP contribution in [0.3, 0.4) is 0 Å². The first kappa shape index (κ1) is 13.4. The molecule has 2 aromatic heterocycles. The number of Topliss-reactive ketones (excluding diaryl/α,β-unsaturated/α-hetero) is 1. The zero-order valence-electron chi connectivity index (χ0n) is 10.4. The molecule has 0 fully saturated rings. The molecule has 0 spiro atoms. The van der Waals surface area contributed by atoms with Crippen molar-refractivity contribution in [1.82, 2.24) is 19.4 Å². The standard InChI is InChI=1S/C11H13BrN4OS/c1-4-7-10(12)8(16(3)14-7)5-9(17)11-6(2)13-15-18-11/h4-5H2,1-3H3. The molecule has 0 amide bonds. The van der Waals surface area contributed by atoms with Crippen LogP contribution in [-0.4, -0.2) is 25.2 Å². The average molecular weight is 329 g/mol. The molecule has 2 heterocycles. The first-order valence-corrected chi connectivity index (χ1v) is 7.13. The molecule has 7 heteroatoms. The maximum atomic E-state index is 12.2. The lowest BCUT2D eigenvalue weighted by atomic mass is 10.1. The summed E-state index contributed by atoms with van der Waals surface area (Å²) in [5.74, 6) is 0.0360. The number of ketones is 1. The van der Waals surface area contributed by atoms with E-state index in [4.69, 9.17) is 0 Å².